The summed E-state index contributed by atoms with van der Waals surface area (Å²) < 4.78 is 10.2. The van der Waals surface area contributed by atoms with Gasteiger partial charge in [-0.3, -0.25) is 9.59 Å². The number of ketones is 1. The lowest BCUT2D eigenvalue weighted by molar-refractivity contribution is 0.0600. The molecular formula is C20H15ClO5. The Morgan fingerprint density at radius 3 is 2.62 bits per heavy atom. The molecule has 0 unspecified atom stereocenters. The number of rotatable bonds is 4. The number of benzene rings is 2. The minimum absolute atomic E-state index is 0.0339. The van der Waals surface area contributed by atoms with Crippen molar-refractivity contribution in [2.45, 2.75) is 13.3 Å². The van der Waals surface area contributed by atoms with Gasteiger partial charge in [0.15, 0.2) is 16.8 Å². The van der Waals surface area contributed by atoms with E-state index in [1.54, 1.807) is 43.3 Å². The second-order valence-corrected chi connectivity index (χ2v) is 6.23. The summed E-state index contributed by atoms with van der Waals surface area (Å²) in [5, 5.41) is 0.598. The van der Waals surface area contributed by atoms with Crippen LogP contribution in [0, 0.1) is 6.92 Å². The van der Waals surface area contributed by atoms with E-state index in [-0.39, 0.29) is 34.0 Å². The molecule has 0 aliphatic heterocycles. The Hall–Kier alpha value is -2.92. The lowest BCUT2D eigenvalue weighted by atomic mass is 9.99. The molecule has 0 N–H and O–H groups in total. The van der Waals surface area contributed by atoms with E-state index < -0.39 is 5.97 Å². The van der Waals surface area contributed by atoms with E-state index >= 15 is 0 Å². The molecule has 26 heavy (non-hydrogen) atoms. The number of carbonyl (C=O) groups excluding carboxylic acids is 2. The van der Waals surface area contributed by atoms with Crippen LogP contribution in [0.25, 0.3) is 11.0 Å². The first-order chi connectivity index (χ1) is 12.4. The van der Waals surface area contributed by atoms with Crippen LogP contribution in [0.3, 0.4) is 0 Å². The molecule has 0 saturated carbocycles. The van der Waals surface area contributed by atoms with Gasteiger partial charge in [0.25, 0.3) is 0 Å². The van der Waals surface area contributed by atoms with E-state index in [1.165, 1.54) is 13.2 Å². The summed E-state index contributed by atoms with van der Waals surface area (Å²) in [5.74, 6) is -0.842. The van der Waals surface area contributed by atoms with Crippen molar-refractivity contribution in [3.8, 4) is 0 Å². The highest BCUT2D eigenvalue weighted by atomic mass is 35.5. The molecule has 0 spiro atoms. The third kappa shape index (κ3) is 3.39. The van der Waals surface area contributed by atoms with Crippen molar-refractivity contribution >= 4 is 34.3 Å². The minimum Gasteiger partial charge on any atom is -0.465 e. The third-order valence-electron chi connectivity index (χ3n) is 4.10. The highest BCUT2D eigenvalue weighted by molar-refractivity contribution is 6.34. The number of carbonyl (C=O) groups is 2. The quantitative estimate of drug-likeness (QED) is 0.513. The first-order valence-electron chi connectivity index (χ1n) is 7.84. The first-order valence-corrected chi connectivity index (χ1v) is 8.22. The average molecular weight is 371 g/mol. The summed E-state index contributed by atoms with van der Waals surface area (Å²) >= 11 is 6.06. The smallest absolute Gasteiger partial charge is 0.337 e. The van der Waals surface area contributed by atoms with Gasteiger partial charge in [-0.05, 0) is 42.3 Å². The van der Waals surface area contributed by atoms with Gasteiger partial charge in [-0.15, -0.1) is 0 Å². The van der Waals surface area contributed by atoms with Gasteiger partial charge in [0.2, 0.25) is 5.78 Å². The predicted molar refractivity (Wildman–Crippen MR) is 98.0 cm³/mol. The number of esters is 1. The highest BCUT2D eigenvalue weighted by Gasteiger charge is 2.16. The maximum atomic E-state index is 12.6. The van der Waals surface area contributed by atoms with Crippen LogP contribution in [0.1, 0.15) is 32.0 Å². The molecule has 1 heterocycles. The number of aryl methyl sites for hydroxylation is 1. The average Bonchev–Trinajstić information content (AvgIpc) is 2.63. The van der Waals surface area contributed by atoms with E-state index in [0.29, 0.717) is 10.9 Å². The fourth-order valence-electron chi connectivity index (χ4n) is 2.68. The molecule has 6 heteroatoms. The van der Waals surface area contributed by atoms with Gasteiger partial charge in [0.1, 0.15) is 0 Å². The van der Waals surface area contributed by atoms with Crippen molar-refractivity contribution in [2.24, 2.45) is 0 Å². The van der Waals surface area contributed by atoms with Gasteiger partial charge >= 0.3 is 5.97 Å². The number of fused-ring (bicyclic) bond motifs is 1. The van der Waals surface area contributed by atoms with Crippen molar-refractivity contribution in [3.63, 3.8) is 0 Å². The van der Waals surface area contributed by atoms with Crippen LogP contribution >= 0.6 is 11.6 Å². The Bertz CT molecular complexity index is 1080. The second kappa shape index (κ2) is 7.14. The number of para-hydroxylation sites is 1. The van der Waals surface area contributed by atoms with Crippen molar-refractivity contribution in [2.75, 3.05) is 7.11 Å². The Labute approximate surface area is 154 Å². The minimum atomic E-state index is -0.443. The topological polar surface area (TPSA) is 73.6 Å². The maximum absolute atomic E-state index is 12.6. The van der Waals surface area contributed by atoms with Gasteiger partial charge in [-0.1, -0.05) is 23.7 Å². The van der Waals surface area contributed by atoms with Crippen LogP contribution in [-0.2, 0) is 11.2 Å². The largest absolute Gasteiger partial charge is 0.465 e. The lowest BCUT2D eigenvalue weighted by Crippen LogP contribution is -2.10. The zero-order valence-electron chi connectivity index (χ0n) is 14.2. The Morgan fingerprint density at radius 1 is 1.15 bits per heavy atom. The van der Waals surface area contributed by atoms with E-state index in [4.69, 9.17) is 16.0 Å². The molecule has 0 aliphatic rings. The van der Waals surface area contributed by atoms with Crippen LogP contribution in [0.5, 0.6) is 0 Å². The molecular weight excluding hydrogens is 356 g/mol. The summed E-state index contributed by atoms with van der Waals surface area (Å²) in [6, 6.07) is 10.9. The zero-order chi connectivity index (χ0) is 18.8. The number of methoxy groups -OCH3 is 1. The molecule has 1 aromatic heterocycles. The van der Waals surface area contributed by atoms with Gasteiger partial charge < -0.3 is 9.15 Å². The molecule has 0 bridgehead atoms. The van der Waals surface area contributed by atoms with Crippen LogP contribution in [0.15, 0.2) is 51.7 Å². The van der Waals surface area contributed by atoms with Crippen molar-refractivity contribution < 1.29 is 18.7 Å². The van der Waals surface area contributed by atoms with E-state index in [0.717, 1.165) is 11.1 Å². The standard InChI is InChI=1S/C20H15ClO5/c1-11-8-13(20(24)25-2)7-6-12(11)9-17(23)18-10-16(22)14-4-3-5-15(21)19(14)26-18/h3-8,10H,9H2,1-2H3. The summed E-state index contributed by atoms with van der Waals surface area (Å²) in [5.41, 5.74) is 1.77. The fourth-order valence-corrected chi connectivity index (χ4v) is 2.89. The van der Waals surface area contributed by atoms with Crippen molar-refractivity contribution in [3.05, 3.63) is 80.2 Å². The number of hydrogen-bond donors (Lipinski definition) is 0. The Morgan fingerprint density at radius 2 is 1.92 bits per heavy atom. The van der Waals surface area contributed by atoms with Crippen molar-refractivity contribution in [1.82, 2.24) is 0 Å². The molecule has 3 aromatic rings. The van der Waals surface area contributed by atoms with E-state index in [2.05, 4.69) is 4.74 Å². The molecule has 2 aromatic carbocycles. The molecule has 132 valence electrons. The van der Waals surface area contributed by atoms with Gasteiger partial charge in [-0.2, -0.15) is 0 Å². The van der Waals surface area contributed by atoms with Gasteiger partial charge in [0, 0.05) is 12.5 Å². The van der Waals surface area contributed by atoms with Crippen LogP contribution in [0.2, 0.25) is 5.02 Å². The Balaban J connectivity index is 1.94. The predicted octanol–water partition coefficient (Wildman–Crippen LogP) is 3.97. The van der Waals surface area contributed by atoms with E-state index in [1.807, 2.05) is 0 Å². The number of hydrogen-bond acceptors (Lipinski definition) is 5. The monoisotopic (exact) mass is 370 g/mol. The third-order valence-corrected chi connectivity index (χ3v) is 4.39. The molecule has 0 fully saturated rings. The molecule has 0 aliphatic carbocycles. The van der Waals surface area contributed by atoms with Crippen molar-refractivity contribution in [1.29, 1.82) is 0 Å². The summed E-state index contributed by atoms with van der Waals surface area (Å²) in [7, 11) is 1.31. The summed E-state index contributed by atoms with van der Waals surface area (Å²) in [6.45, 7) is 1.79. The van der Waals surface area contributed by atoms with Crippen LogP contribution in [-0.4, -0.2) is 18.9 Å². The number of ether oxygens (including phenoxy) is 1. The summed E-state index contributed by atoms with van der Waals surface area (Å²) in [4.78, 5) is 36.4. The first kappa shape index (κ1) is 17.9. The summed E-state index contributed by atoms with van der Waals surface area (Å²) in [6.07, 6.45) is 0.0339. The molecule has 5 nitrogen and oxygen atoms in total. The lowest BCUT2D eigenvalue weighted by Gasteiger charge is -2.08. The molecule has 0 saturated heterocycles. The zero-order valence-corrected chi connectivity index (χ0v) is 14.9. The fraction of sp³-hybridized carbons (Fsp3) is 0.150. The molecule has 0 atom stereocenters. The SMILES string of the molecule is COC(=O)c1ccc(CC(=O)c2cc(=O)c3cccc(Cl)c3o2)c(C)c1. The van der Waals surface area contributed by atoms with E-state index in [9.17, 15) is 14.4 Å². The highest BCUT2D eigenvalue weighted by Crippen LogP contribution is 2.23. The van der Waals surface area contributed by atoms with Gasteiger partial charge in [-0.25, -0.2) is 4.79 Å². The normalized spacial score (nSPS) is 10.7. The molecule has 3 rings (SSSR count). The molecule has 0 radical (unpaired) electrons. The number of halogens is 1. The second-order valence-electron chi connectivity index (χ2n) is 5.82. The van der Waals surface area contributed by atoms with Crippen LogP contribution < -0.4 is 5.43 Å². The number of Topliss-reactive ketones (excluding diaryl/α,β-unsaturated/α-hetero) is 1. The maximum Gasteiger partial charge on any atom is 0.337 e. The van der Waals surface area contributed by atoms with Crippen LogP contribution in [0.4, 0.5) is 0 Å². The Kier molecular flexibility index (Phi) is 4.91. The van der Waals surface area contributed by atoms with Gasteiger partial charge in [0.05, 0.1) is 23.1 Å². The molecule has 0 amide bonds.